The lowest BCUT2D eigenvalue weighted by Crippen LogP contribution is -2.08. The number of ether oxygens (including phenoxy) is 1. The fraction of sp³-hybridized carbons (Fsp3) is 0.0909. The van der Waals surface area contributed by atoms with Gasteiger partial charge in [0, 0.05) is 5.56 Å². The molecule has 130 valence electrons. The van der Waals surface area contributed by atoms with Gasteiger partial charge in [0.05, 0.1) is 11.8 Å². The van der Waals surface area contributed by atoms with Crippen LogP contribution in [-0.2, 0) is 10.9 Å². The first-order chi connectivity index (χ1) is 12.5. The van der Waals surface area contributed by atoms with E-state index in [4.69, 9.17) is 4.74 Å². The molecule has 0 saturated heterocycles. The van der Waals surface area contributed by atoms with Crippen molar-refractivity contribution in [3.05, 3.63) is 101 Å². The number of benzene rings is 3. The average Bonchev–Trinajstić information content (AvgIpc) is 2.67. The molecule has 0 bridgehead atoms. The van der Waals surface area contributed by atoms with E-state index in [9.17, 15) is 13.2 Å². The Bertz CT molecular complexity index is 941. The van der Waals surface area contributed by atoms with Gasteiger partial charge in [-0.3, -0.25) is 0 Å². The maximum atomic E-state index is 12.8. The van der Waals surface area contributed by atoms with Gasteiger partial charge >= 0.3 is 6.18 Å². The zero-order valence-corrected chi connectivity index (χ0v) is 13.7. The molecule has 26 heavy (non-hydrogen) atoms. The summed E-state index contributed by atoms with van der Waals surface area (Å²) in [5.74, 6) is 0. The van der Waals surface area contributed by atoms with Crippen molar-refractivity contribution in [1.29, 1.82) is 0 Å². The number of hydrogen-bond acceptors (Lipinski definition) is 1. The quantitative estimate of drug-likeness (QED) is 0.514. The van der Waals surface area contributed by atoms with Gasteiger partial charge in [0.2, 0.25) is 0 Å². The monoisotopic (exact) mass is 352 g/mol. The highest BCUT2D eigenvalue weighted by molar-refractivity contribution is 5.69. The summed E-state index contributed by atoms with van der Waals surface area (Å²) in [6.07, 6.45) is -0.986. The third-order valence-electron chi connectivity index (χ3n) is 4.48. The third-order valence-corrected chi connectivity index (χ3v) is 4.48. The van der Waals surface area contributed by atoms with E-state index in [0.717, 1.165) is 39.9 Å². The second kappa shape index (κ2) is 6.37. The molecule has 1 atom stereocenters. The molecule has 4 heteroatoms. The summed E-state index contributed by atoms with van der Waals surface area (Å²) in [5.41, 5.74) is 4.02. The van der Waals surface area contributed by atoms with Gasteiger partial charge < -0.3 is 4.74 Å². The minimum absolute atomic E-state index is 0.231. The largest absolute Gasteiger partial charge is 0.489 e. The molecule has 0 spiro atoms. The fourth-order valence-electron chi connectivity index (χ4n) is 3.14. The van der Waals surface area contributed by atoms with Gasteiger partial charge in [0.1, 0.15) is 6.10 Å². The Morgan fingerprint density at radius 2 is 1.46 bits per heavy atom. The normalized spacial score (nSPS) is 16.0. The number of rotatable bonds is 2. The van der Waals surface area contributed by atoms with E-state index in [1.54, 1.807) is 6.26 Å². The van der Waals surface area contributed by atoms with E-state index in [2.05, 4.69) is 0 Å². The highest BCUT2D eigenvalue weighted by Crippen LogP contribution is 2.36. The van der Waals surface area contributed by atoms with Crippen LogP contribution in [0.2, 0.25) is 0 Å². The summed E-state index contributed by atoms with van der Waals surface area (Å²) in [5, 5.41) is 0. The van der Waals surface area contributed by atoms with Crippen molar-refractivity contribution in [2.75, 3.05) is 0 Å². The number of hydrogen-bond donors (Lipinski definition) is 0. The smallest absolute Gasteiger partial charge is 0.416 e. The van der Waals surface area contributed by atoms with Crippen molar-refractivity contribution in [3.63, 3.8) is 0 Å². The molecule has 0 radical (unpaired) electrons. The van der Waals surface area contributed by atoms with Crippen molar-refractivity contribution in [1.82, 2.24) is 0 Å². The van der Waals surface area contributed by atoms with Gasteiger partial charge in [-0.05, 0) is 46.5 Å². The second-order valence-corrected chi connectivity index (χ2v) is 6.15. The van der Waals surface area contributed by atoms with E-state index in [1.165, 1.54) is 12.1 Å². The Morgan fingerprint density at radius 1 is 0.769 bits per heavy atom. The van der Waals surface area contributed by atoms with Gasteiger partial charge in [-0.2, -0.15) is 13.2 Å². The molecule has 0 saturated carbocycles. The molecule has 0 aromatic heterocycles. The lowest BCUT2D eigenvalue weighted by Gasteiger charge is -2.24. The molecule has 0 N–H and O–H groups in total. The Hall–Kier alpha value is -3.01. The van der Waals surface area contributed by atoms with Gasteiger partial charge in [-0.25, -0.2) is 0 Å². The minimum atomic E-state index is -4.33. The zero-order valence-electron chi connectivity index (χ0n) is 13.7. The first-order valence-corrected chi connectivity index (χ1v) is 8.21. The molecule has 0 fully saturated rings. The third kappa shape index (κ3) is 3.10. The number of alkyl halides is 3. The van der Waals surface area contributed by atoms with Crippen molar-refractivity contribution < 1.29 is 17.9 Å². The first kappa shape index (κ1) is 16.5. The molecule has 3 aromatic rings. The SMILES string of the molecule is FC(F)(F)c1ccc(-c2ccc3c(c2)[C@H](c2ccccc2)OC=C3)cc1. The summed E-state index contributed by atoms with van der Waals surface area (Å²) in [6, 6.07) is 20.9. The highest BCUT2D eigenvalue weighted by Gasteiger charge is 2.30. The molecular formula is C22H15F3O. The predicted octanol–water partition coefficient (Wildman–Crippen LogP) is 6.46. The van der Waals surface area contributed by atoms with Crippen LogP contribution in [0.1, 0.15) is 28.4 Å². The van der Waals surface area contributed by atoms with E-state index < -0.39 is 11.7 Å². The Kier molecular flexibility index (Phi) is 4.03. The van der Waals surface area contributed by atoms with Crippen LogP contribution in [0.5, 0.6) is 0 Å². The number of fused-ring (bicyclic) bond motifs is 1. The first-order valence-electron chi connectivity index (χ1n) is 8.21. The summed E-state index contributed by atoms with van der Waals surface area (Å²) >= 11 is 0. The van der Waals surface area contributed by atoms with Crippen molar-refractivity contribution >= 4 is 6.08 Å². The average molecular weight is 352 g/mol. The van der Waals surface area contributed by atoms with Gasteiger partial charge in [-0.1, -0.05) is 54.6 Å². The van der Waals surface area contributed by atoms with Crippen LogP contribution in [0.4, 0.5) is 13.2 Å². The summed E-state index contributed by atoms with van der Waals surface area (Å²) < 4.78 is 44.1. The zero-order chi connectivity index (χ0) is 18.1. The van der Waals surface area contributed by atoms with Crippen LogP contribution < -0.4 is 0 Å². The molecular weight excluding hydrogens is 337 g/mol. The van der Waals surface area contributed by atoms with Crippen LogP contribution >= 0.6 is 0 Å². The van der Waals surface area contributed by atoms with E-state index in [0.29, 0.717) is 0 Å². The summed E-state index contributed by atoms with van der Waals surface area (Å²) in [7, 11) is 0. The Labute approximate surface area is 149 Å². The molecule has 0 aliphatic carbocycles. The number of halogens is 3. The Morgan fingerprint density at radius 3 is 2.15 bits per heavy atom. The highest BCUT2D eigenvalue weighted by atomic mass is 19.4. The molecule has 0 unspecified atom stereocenters. The van der Waals surface area contributed by atoms with Crippen molar-refractivity contribution in [2.24, 2.45) is 0 Å². The van der Waals surface area contributed by atoms with Crippen molar-refractivity contribution in [2.45, 2.75) is 12.3 Å². The predicted molar refractivity (Wildman–Crippen MR) is 95.3 cm³/mol. The van der Waals surface area contributed by atoms with Crippen LogP contribution in [0.3, 0.4) is 0 Å². The topological polar surface area (TPSA) is 9.23 Å². The molecule has 0 amide bonds. The fourth-order valence-corrected chi connectivity index (χ4v) is 3.14. The van der Waals surface area contributed by atoms with E-state index in [1.807, 2.05) is 54.6 Å². The van der Waals surface area contributed by atoms with Crippen LogP contribution in [0, 0.1) is 0 Å². The second-order valence-electron chi connectivity index (χ2n) is 6.15. The molecule has 3 aromatic carbocycles. The van der Waals surface area contributed by atoms with Gasteiger partial charge in [0.15, 0.2) is 0 Å². The lowest BCUT2D eigenvalue weighted by molar-refractivity contribution is -0.137. The standard InChI is InChI=1S/C22H15F3O/c23-22(24,25)19-10-8-15(9-11-19)18-7-6-16-12-13-26-21(20(16)14-18)17-4-2-1-3-5-17/h1-14,21H/t21-/m0/s1. The maximum Gasteiger partial charge on any atom is 0.416 e. The molecule has 1 aliphatic heterocycles. The van der Waals surface area contributed by atoms with Crippen molar-refractivity contribution in [3.8, 4) is 11.1 Å². The summed E-state index contributed by atoms with van der Waals surface area (Å²) in [4.78, 5) is 0. The van der Waals surface area contributed by atoms with Gasteiger partial charge in [-0.15, -0.1) is 0 Å². The summed E-state index contributed by atoms with van der Waals surface area (Å²) in [6.45, 7) is 0. The Balaban J connectivity index is 1.73. The van der Waals surface area contributed by atoms with Crippen LogP contribution in [0.15, 0.2) is 79.1 Å². The van der Waals surface area contributed by atoms with E-state index >= 15 is 0 Å². The minimum Gasteiger partial charge on any atom is -0.489 e. The maximum absolute atomic E-state index is 12.8. The molecule has 4 rings (SSSR count). The molecule has 1 nitrogen and oxygen atoms in total. The molecule has 1 heterocycles. The molecule has 1 aliphatic rings. The van der Waals surface area contributed by atoms with Crippen LogP contribution in [0.25, 0.3) is 17.2 Å². The van der Waals surface area contributed by atoms with E-state index in [-0.39, 0.29) is 6.10 Å². The van der Waals surface area contributed by atoms with Gasteiger partial charge in [0.25, 0.3) is 0 Å². The lowest BCUT2D eigenvalue weighted by atomic mass is 9.91. The van der Waals surface area contributed by atoms with Crippen LogP contribution in [-0.4, -0.2) is 0 Å².